The number of allylic oxidation sites excluding steroid dienone is 6. The second kappa shape index (κ2) is 36.2. The fraction of sp³-hybridized carbons (Fsp3) is 0.788. The van der Waals surface area contributed by atoms with Crippen LogP contribution in [0.1, 0.15) is 87.0 Å². The minimum absolute atomic E-state index is 0.000264. The zero-order chi connectivity index (χ0) is 52.6. The van der Waals surface area contributed by atoms with E-state index in [9.17, 15) is 24.0 Å². The largest absolute Gasteiger partial charge is 0.379 e. The monoisotopic (exact) mass is 1010 g/mol. The summed E-state index contributed by atoms with van der Waals surface area (Å²) >= 11 is 0. The van der Waals surface area contributed by atoms with E-state index in [1.165, 1.54) is 0 Å². The van der Waals surface area contributed by atoms with E-state index in [0.29, 0.717) is 98.5 Å². The number of rotatable bonds is 39. The van der Waals surface area contributed by atoms with Gasteiger partial charge in [0.15, 0.2) is 0 Å². The number of carbonyl (C=O) groups is 5. The number of methoxy groups -OCH3 is 2. The third kappa shape index (κ3) is 23.7. The van der Waals surface area contributed by atoms with Crippen LogP contribution < -0.4 is 21.7 Å². The van der Waals surface area contributed by atoms with Gasteiger partial charge in [-0.3, -0.25) is 24.0 Å². The molecule has 5 N–H and O–H groups in total. The molecule has 5 amide bonds. The summed E-state index contributed by atoms with van der Waals surface area (Å²) in [4.78, 5) is 72.2. The number of nitrogens with zero attached hydrogens (tertiary/aromatic N) is 2. The molecule has 0 spiro atoms. The lowest BCUT2D eigenvalue weighted by Gasteiger charge is -2.41. The minimum atomic E-state index is -1.35. The van der Waals surface area contributed by atoms with Crippen LogP contribution in [0, 0.1) is 23.7 Å². The van der Waals surface area contributed by atoms with Gasteiger partial charge in [-0.2, -0.15) is 0 Å². The highest BCUT2D eigenvalue weighted by atomic mass is 16.6. The van der Waals surface area contributed by atoms with Crippen molar-refractivity contribution in [2.24, 2.45) is 29.4 Å². The summed E-state index contributed by atoms with van der Waals surface area (Å²) in [6.07, 6.45) is 13.9. The molecular weight excluding hydrogens is 917 g/mol. The van der Waals surface area contributed by atoms with Crippen LogP contribution in [-0.4, -0.2) is 195 Å². The van der Waals surface area contributed by atoms with Crippen molar-refractivity contribution in [3.8, 4) is 0 Å². The molecule has 0 radical (unpaired) electrons. The lowest BCUT2D eigenvalue weighted by molar-refractivity contribution is -0.148. The Bertz CT molecular complexity index is 1610. The van der Waals surface area contributed by atoms with Gasteiger partial charge in [-0.25, -0.2) is 0 Å². The highest BCUT2D eigenvalue weighted by molar-refractivity contribution is 5.94. The Morgan fingerprint density at radius 3 is 1.80 bits per heavy atom. The van der Waals surface area contributed by atoms with E-state index in [0.717, 1.165) is 12.8 Å². The number of likely N-dealkylation sites (N-methyl/N-ethyl adjacent to an activating group) is 1. The van der Waals surface area contributed by atoms with Crippen LogP contribution in [0.5, 0.6) is 0 Å². The molecule has 19 nitrogen and oxygen atoms in total. The van der Waals surface area contributed by atoms with Crippen molar-refractivity contribution in [1.29, 1.82) is 0 Å². The predicted octanol–water partition coefficient (Wildman–Crippen LogP) is 3.20. The Kier molecular flexibility index (Phi) is 32.3. The molecule has 2 rings (SSSR count). The molecular formula is C52H92N6O13. The Balaban J connectivity index is 1.87. The molecule has 1 saturated heterocycles. The summed E-state index contributed by atoms with van der Waals surface area (Å²) in [5.41, 5.74) is 4.01. The highest BCUT2D eigenvalue weighted by Gasteiger charge is 2.43. The van der Waals surface area contributed by atoms with Gasteiger partial charge >= 0.3 is 0 Å². The lowest BCUT2D eigenvalue weighted by Crippen LogP contribution is -2.62. The number of nitrogens with two attached hydrogens (primary N) is 1. The lowest BCUT2D eigenvalue weighted by atomic mass is 9.89. The molecule has 0 aromatic heterocycles. The normalized spacial score (nSPS) is 17.6. The third-order valence-electron chi connectivity index (χ3n) is 12.9. The molecule has 2 unspecified atom stereocenters. The molecule has 1 fully saturated rings. The Morgan fingerprint density at radius 1 is 0.775 bits per heavy atom. The van der Waals surface area contributed by atoms with Gasteiger partial charge < -0.3 is 69.4 Å². The first kappa shape index (κ1) is 63.3. The van der Waals surface area contributed by atoms with E-state index in [1.54, 1.807) is 40.0 Å². The maximum absolute atomic E-state index is 14.5. The smallest absolute Gasteiger partial charge is 0.245 e. The first-order chi connectivity index (χ1) is 34.0. The van der Waals surface area contributed by atoms with Gasteiger partial charge in [0, 0.05) is 47.3 Å². The fourth-order valence-electron chi connectivity index (χ4n) is 8.60. The summed E-state index contributed by atoms with van der Waals surface area (Å²) < 4.78 is 44.7. The van der Waals surface area contributed by atoms with E-state index in [-0.39, 0.29) is 73.5 Å². The number of hydrogen-bond donors (Lipinski definition) is 4. The molecule has 2 aliphatic rings. The molecule has 0 saturated carbocycles. The summed E-state index contributed by atoms with van der Waals surface area (Å²) in [6, 6.07) is -1.78. The van der Waals surface area contributed by atoms with Crippen LogP contribution in [-0.2, 0) is 61.9 Å². The molecule has 0 bridgehead atoms. The summed E-state index contributed by atoms with van der Waals surface area (Å²) in [5.74, 6) is -2.20. The molecule has 1 aliphatic carbocycles. The van der Waals surface area contributed by atoms with Gasteiger partial charge in [-0.05, 0) is 50.9 Å². The van der Waals surface area contributed by atoms with Gasteiger partial charge in [0.05, 0.1) is 116 Å². The summed E-state index contributed by atoms with van der Waals surface area (Å²) in [7, 11) is 4.81. The van der Waals surface area contributed by atoms with Crippen LogP contribution in [0.2, 0.25) is 0 Å². The molecule has 7 atom stereocenters. The van der Waals surface area contributed by atoms with Crippen LogP contribution in [0.4, 0.5) is 0 Å². The van der Waals surface area contributed by atoms with Gasteiger partial charge in [-0.1, -0.05) is 77.5 Å². The van der Waals surface area contributed by atoms with Crippen molar-refractivity contribution >= 4 is 29.5 Å². The second-order valence-corrected chi connectivity index (χ2v) is 19.1. The van der Waals surface area contributed by atoms with Crippen molar-refractivity contribution in [3.05, 3.63) is 36.5 Å². The molecule has 19 heteroatoms. The van der Waals surface area contributed by atoms with Crippen molar-refractivity contribution in [2.45, 2.75) is 123 Å². The van der Waals surface area contributed by atoms with Gasteiger partial charge in [0.25, 0.3) is 0 Å². The quantitative estimate of drug-likeness (QED) is 0.0650. The molecule has 1 aliphatic heterocycles. The van der Waals surface area contributed by atoms with Crippen LogP contribution in [0.15, 0.2) is 36.5 Å². The standard InChI is InChI=1S/C52H92N6O13/c1-11-39(4)47(43(64-9)37-45(60)58-24-16-19-42(58)48(65-10)40(5)49(61)54-23-20-41-17-14-12-13-15-18-41)57(8)50(62)46(38(2)3)55-51(63)52(6,7)56-44(59)21-25-66-27-29-68-31-33-70-35-36-71-34-32-69-30-28-67-26-22-53/h12-15,17-18,38-43,46-48H,11,16,19-37,53H2,1-10H3,(H,54,61)(H,55,63)(H,56,59)/t39-,40+,42-,43?,46-,47-,48?/m0/s1. The molecule has 1 heterocycles. The first-order valence-electron chi connectivity index (χ1n) is 25.7. The first-order valence-corrected chi connectivity index (χ1v) is 25.7. The van der Waals surface area contributed by atoms with Gasteiger partial charge in [0.1, 0.15) is 11.6 Å². The summed E-state index contributed by atoms with van der Waals surface area (Å²) in [6.45, 7) is 19.1. The maximum Gasteiger partial charge on any atom is 0.245 e. The van der Waals surface area contributed by atoms with Gasteiger partial charge in [-0.15, -0.1) is 0 Å². The fourth-order valence-corrected chi connectivity index (χ4v) is 8.60. The number of hydrogen-bond acceptors (Lipinski definition) is 14. The second-order valence-electron chi connectivity index (χ2n) is 19.1. The van der Waals surface area contributed by atoms with Crippen molar-refractivity contribution in [3.63, 3.8) is 0 Å². The Labute approximate surface area is 424 Å². The number of ether oxygens (including phenoxy) is 8. The average Bonchev–Trinajstić information content (AvgIpc) is 3.68. The Morgan fingerprint density at radius 2 is 1.31 bits per heavy atom. The number of nitrogens with one attached hydrogen (secondary N) is 3. The van der Waals surface area contributed by atoms with E-state index in [4.69, 9.17) is 43.6 Å². The number of amides is 5. The number of likely N-dealkylation sites (tertiary alicyclic amines) is 1. The topological polar surface area (TPSA) is 228 Å². The molecule has 0 aromatic carbocycles. The van der Waals surface area contributed by atoms with Gasteiger partial charge in [0.2, 0.25) is 29.5 Å². The maximum atomic E-state index is 14.5. The van der Waals surface area contributed by atoms with E-state index >= 15 is 0 Å². The van der Waals surface area contributed by atoms with E-state index in [2.05, 4.69) is 28.1 Å². The molecule has 0 aromatic rings. The molecule has 71 heavy (non-hydrogen) atoms. The van der Waals surface area contributed by atoms with Crippen molar-refractivity contribution < 1.29 is 61.9 Å². The predicted molar refractivity (Wildman–Crippen MR) is 272 cm³/mol. The zero-order valence-corrected chi connectivity index (χ0v) is 44.8. The van der Waals surface area contributed by atoms with E-state index in [1.807, 2.05) is 63.8 Å². The molecule has 408 valence electrons. The third-order valence-corrected chi connectivity index (χ3v) is 12.9. The van der Waals surface area contributed by atoms with Crippen LogP contribution in [0.3, 0.4) is 0 Å². The van der Waals surface area contributed by atoms with Crippen molar-refractivity contribution in [1.82, 2.24) is 25.8 Å². The van der Waals surface area contributed by atoms with Crippen LogP contribution >= 0.6 is 0 Å². The minimum Gasteiger partial charge on any atom is -0.379 e. The number of carbonyl (C=O) groups excluding carboxylic acids is 5. The average molecular weight is 1010 g/mol. The van der Waals surface area contributed by atoms with Crippen molar-refractivity contribution in [2.75, 3.05) is 120 Å². The van der Waals surface area contributed by atoms with Crippen LogP contribution in [0.25, 0.3) is 0 Å². The SMILES string of the molecule is CC[C@H](C)[C@@H](C(CC(=O)N1CCC[C@H]1C(OC)[C@@H](C)C(=O)NCCC1C=CC=CC=C1)OC)N(C)C(=O)[C@@H](NC(=O)C(C)(C)NC(=O)CCOCCOCCOCCOCCOCCOCCN)C(C)C. The van der Waals surface area contributed by atoms with E-state index < -0.39 is 41.7 Å². The highest BCUT2D eigenvalue weighted by Crippen LogP contribution is 2.30. The summed E-state index contributed by atoms with van der Waals surface area (Å²) in [5, 5.41) is 8.76. The Hall–Kier alpha value is -3.79. The zero-order valence-electron chi connectivity index (χ0n) is 44.8.